The second-order valence-electron chi connectivity index (χ2n) is 6.68. The number of thioether (sulfide) groups is 1. The van der Waals surface area contributed by atoms with Gasteiger partial charge in [0.05, 0.1) is 35.3 Å². The summed E-state index contributed by atoms with van der Waals surface area (Å²) in [6.07, 6.45) is 7.54. The first kappa shape index (κ1) is 20.5. The molecule has 0 aliphatic heterocycles. The summed E-state index contributed by atoms with van der Waals surface area (Å²) in [4.78, 5) is 16.1. The van der Waals surface area contributed by atoms with Gasteiger partial charge in [-0.1, -0.05) is 11.8 Å². The van der Waals surface area contributed by atoms with Gasteiger partial charge in [-0.15, -0.1) is 0 Å². The van der Waals surface area contributed by atoms with Crippen LogP contribution in [0.1, 0.15) is 17.7 Å². The summed E-state index contributed by atoms with van der Waals surface area (Å²) in [5.41, 5.74) is 3.79. The summed E-state index contributed by atoms with van der Waals surface area (Å²) in [5, 5.41) is 0.718. The number of nitrogens with zero attached hydrogens (tertiary/aromatic N) is 4. The Kier molecular flexibility index (Phi) is 6.73. The molecule has 0 aliphatic carbocycles. The number of aromatic nitrogens is 5. The van der Waals surface area contributed by atoms with E-state index >= 15 is 0 Å². The number of rotatable bonds is 10. The Balaban J connectivity index is 1.39. The van der Waals surface area contributed by atoms with Gasteiger partial charge in [-0.3, -0.25) is 4.98 Å². The molecule has 3 aromatic heterocycles. The van der Waals surface area contributed by atoms with Crippen LogP contribution in [0.4, 0.5) is 4.39 Å². The van der Waals surface area contributed by atoms with Crippen LogP contribution in [0.25, 0.3) is 16.7 Å². The minimum absolute atomic E-state index is 0.333. The SMILES string of the molecule is COCCCOCc1ccnc(CSc2nc3cc(-n4ccnc4)c(F)cc3[nH]2)c1. The van der Waals surface area contributed by atoms with Crippen LogP contribution in [0.5, 0.6) is 0 Å². The molecule has 0 atom stereocenters. The molecule has 1 N–H and O–H groups in total. The Morgan fingerprint density at radius 2 is 2.13 bits per heavy atom. The van der Waals surface area contributed by atoms with Crippen molar-refractivity contribution in [2.24, 2.45) is 0 Å². The highest BCUT2D eigenvalue weighted by molar-refractivity contribution is 7.98. The highest BCUT2D eigenvalue weighted by Gasteiger charge is 2.11. The van der Waals surface area contributed by atoms with Gasteiger partial charge in [-0.25, -0.2) is 14.4 Å². The molecule has 0 spiro atoms. The third-order valence-electron chi connectivity index (χ3n) is 4.45. The molecule has 0 aliphatic rings. The maximum absolute atomic E-state index is 14.4. The number of benzene rings is 1. The van der Waals surface area contributed by atoms with Crippen molar-refractivity contribution in [2.75, 3.05) is 20.3 Å². The first-order valence-electron chi connectivity index (χ1n) is 9.54. The predicted octanol–water partition coefficient (Wildman–Crippen LogP) is 4.13. The van der Waals surface area contributed by atoms with Crippen LogP contribution in [0.3, 0.4) is 0 Å². The molecule has 0 saturated carbocycles. The Hall–Kier alpha value is -2.75. The minimum atomic E-state index is -0.333. The van der Waals surface area contributed by atoms with E-state index in [1.54, 1.807) is 42.7 Å². The molecule has 4 aromatic rings. The van der Waals surface area contributed by atoms with Crippen LogP contribution in [0.2, 0.25) is 0 Å². The van der Waals surface area contributed by atoms with Crippen molar-refractivity contribution in [1.82, 2.24) is 24.5 Å². The summed E-state index contributed by atoms with van der Waals surface area (Å²) < 4.78 is 26.7. The van der Waals surface area contributed by atoms with Crippen LogP contribution in [-0.4, -0.2) is 44.8 Å². The van der Waals surface area contributed by atoms with Crippen LogP contribution in [-0.2, 0) is 21.8 Å². The number of H-pyrrole nitrogens is 1. The molecule has 0 bridgehead atoms. The molecule has 7 nitrogen and oxygen atoms in total. The minimum Gasteiger partial charge on any atom is -0.385 e. The molecule has 156 valence electrons. The second kappa shape index (κ2) is 9.84. The van der Waals surface area contributed by atoms with Gasteiger partial charge in [0.15, 0.2) is 5.16 Å². The van der Waals surface area contributed by atoms with E-state index in [9.17, 15) is 4.39 Å². The highest BCUT2D eigenvalue weighted by atomic mass is 32.2. The number of hydrogen-bond acceptors (Lipinski definition) is 6. The number of halogens is 1. The van der Waals surface area contributed by atoms with E-state index in [1.165, 1.54) is 17.8 Å². The lowest BCUT2D eigenvalue weighted by atomic mass is 10.2. The number of nitrogens with one attached hydrogen (secondary N) is 1. The molecule has 0 amide bonds. The number of hydrogen-bond donors (Lipinski definition) is 1. The highest BCUT2D eigenvalue weighted by Crippen LogP contribution is 2.26. The second-order valence-corrected chi connectivity index (χ2v) is 7.64. The molecule has 3 heterocycles. The van der Waals surface area contributed by atoms with Gasteiger partial charge in [-0.2, -0.15) is 0 Å². The molecular weight excluding hydrogens is 405 g/mol. The molecule has 1 aromatic carbocycles. The number of ether oxygens (including phenoxy) is 2. The third-order valence-corrected chi connectivity index (χ3v) is 5.36. The van der Waals surface area contributed by atoms with E-state index in [4.69, 9.17) is 9.47 Å². The fourth-order valence-electron chi connectivity index (χ4n) is 3.00. The van der Waals surface area contributed by atoms with E-state index in [0.29, 0.717) is 42.3 Å². The third kappa shape index (κ3) is 5.05. The first-order valence-corrected chi connectivity index (χ1v) is 10.5. The monoisotopic (exact) mass is 427 g/mol. The molecular formula is C21H22FN5O2S. The molecule has 0 saturated heterocycles. The first-order chi connectivity index (χ1) is 14.7. The van der Waals surface area contributed by atoms with Crippen molar-refractivity contribution in [1.29, 1.82) is 0 Å². The predicted molar refractivity (Wildman–Crippen MR) is 113 cm³/mol. The van der Waals surface area contributed by atoms with E-state index in [2.05, 4.69) is 19.9 Å². The zero-order valence-electron chi connectivity index (χ0n) is 16.5. The average molecular weight is 428 g/mol. The molecule has 9 heteroatoms. The zero-order valence-corrected chi connectivity index (χ0v) is 17.4. The van der Waals surface area contributed by atoms with Crippen LogP contribution in [0.15, 0.2) is 54.3 Å². The Morgan fingerprint density at radius 1 is 1.20 bits per heavy atom. The lowest BCUT2D eigenvalue weighted by Gasteiger charge is -2.05. The zero-order chi connectivity index (χ0) is 20.8. The Morgan fingerprint density at radius 3 is 2.97 bits per heavy atom. The fraction of sp³-hybridized carbons (Fsp3) is 0.286. The lowest BCUT2D eigenvalue weighted by molar-refractivity contribution is 0.0928. The van der Waals surface area contributed by atoms with E-state index in [-0.39, 0.29) is 5.82 Å². The maximum Gasteiger partial charge on any atom is 0.166 e. The fourth-order valence-corrected chi connectivity index (χ4v) is 3.79. The van der Waals surface area contributed by atoms with Gasteiger partial charge in [0.25, 0.3) is 0 Å². The van der Waals surface area contributed by atoms with Crippen LogP contribution >= 0.6 is 11.8 Å². The summed E-state index contributed by atoms with van der Waals surface area (Å²) in [6.45, 7) is 1.91. The van der Waals surface area contributed by atoms with Gasteiger partial charge in [-0.05, 0) is 30.2 Å². The van der Waals surface area contributed by atoms with Gasteiger partial charge >= 0.3 is 0 Å². The van der Waals surface area contributed by atoms with Crippen LogP contribution in [0, 0.1) is 5.82 Å². The Bertz CT molecular complexity index is 1100. The molecule has 0 radical (unpaired) electrons. The number of methoxy groups -OCH3 is 1. The summed E-state index contributed by atoms with van der Waals surface area (Å²) >= 11 is 1.52. The summed E-state index contributed by atoms with van der Waals surface area (Å²) in [5.74, 6) is 0.314. The van der Waals surface area contributed by atoms with Gasteiger partial charge in [0.2, 0.25) is 0 Å². The largest absolute Gasteiger partial charge is 0.385 e. The molecule has 4 rings (SSSR count). The number of fused-ring (bicyclic) bond motifs is 1. The van der Waals surface area contributed by atoms with Crippen molar-refractivity contribution in [2.45, 2.75) is 23.9 Å². The van der Waals surface area contributed by atoms with E-state index < -0.39 is 0 Å². The maximum atomic E-state index is 14.4. The van der Waals surface area contributed by atoms with Gasteiger partial charge in [0.1, 0.15) is 5.82 Å². The van der Waals surface area contributed by atoms with Crippen molar-refractivity contribution in [3.05, 3.63) is 66.3 Å². The Labute approximate surface area is 177 Å². The average Bonchev–Trinajstić information content (AvgIpc) is 3.41. The standard InChI is InChI=1S/C21H22FN5O2S/c1-28-7-2-8-29-12-15-3-4-24-16(9-15)13-30-21-25-18-10-17(22)20(11-19(18)26-21)27-6-5-23-14-27/h3-6,9-11,14H,2,7-8,12-13H2,1H3,(H,25,26). The molecule has 30 heavy (non-hydrogen) atoms. The van der Waals surface area contributed by atoms with Crippen molar-refractivity contribution in [3.8, 4) is 5.69 Å². The molecule has 0 unspecified atom stereocenters. The van der Waals surface area contributed by atoms with Crippen molar-refractivity contribution >= 4 is 22.8 Å². The topological polar surface area (TPSA) is 77.8 Å². The number of imidazole rings is 2. The summed E-state index contributed by atoms with van der Waals surface area (Å²) in [7, 11) is 1.68. The normalized spacial score (nSPS) is 11.4. The van der Waals surface area contributed by atoms with Crippen LogP contribution < -0.4 is 0 Å². The quantitative estimate of drug-likeness (QED) is 0.303. The number of pyridine rings is 1. The van der Waals surface area contributed by atoms with Crippen molar-refractivity contribution < 1.29 is 13.9 Å². The van der Waals surface area contributed by atoms with Gasteiger partial charge in [0, 0.05) is 50.7 Å². The van der Waals surface area contributed by atoms with E-state index in [1.807, 2.05) is 12.1 Å². The lowest BCUT2D eigenvalue weighted by Crippen LogP contribution is -2.00. The van der Waals surface area contributed by atoms with E-state index in [0.717, 1.165) is 22.8 Å². The molecule has 0 fully saturated rings. The number of aromatic amines is 1. The smallest absolute Gasteiger partial charge is 0.166 e. The summed E-state index contributed by atoms with van der Waals surface area (Å²) in [6, 6.07) is 7.16. The van der Waals surface area contributed by atoms with Gasteiger partial charge < -0.3 is 19.0 Å². The van der Waals surface area contributed by atoms with Crippen molar-refractivity contribution in [3.63, 3.8) is 0 Å².